The van der Waals surface area contributed by atoms with Crippen molar-refractivity contribution in [3.05, 3.63) is 28.1 Å². The van der Waals surface area contributed by atoms with Crippen LogP contribution >= 0.6 is 0 Å². The first kappa shape index (κ1) is 17.4. The van der Waals surface area contributed by atoms with E-state index in [1.165, 1.54) is 7.11 Å². The molecular weight excluding hydrogens is 317 g/mol. The van der Waals surface area contributed by atoms with Crippen molar-refractivity contribution in [1.82, 2.24) is 10.3 Å². The van der Waals surface area contributed by atoms with Gasteiger partial charge in [-0.3, -0.25) is 10.1 Å². The second-order valence-corrected chi connectivity index (χ2v) is 5.44. The van der Waals surface area contributed by atoms with Crippen molar-refractivity contribution in [1.29, 1.82) is 0 Å². The van der Waals surface area contributed by atoms with Crippen molar-refractivity contribution >= 4 is 11.4 Å². The van der Waals surface area contributed by atoms with Crippen LogP contribution in [0.2, 0.25) is 0 Å². The molecule has 7 nitrogen and oxygen atoms in total. The van der Waals surface area contributed by atoms with E-state index in [9.17, 15) is 23.3 Å². The Labute approximate surface area is 130 Å². The summed E-state index contributed by atoms with van der Waals surface area (Å²) in [4.78, 5) is 13.3. The van der Waals surface area contributed by atoms with Gasteiger partial charge in [-0.15, -0.1) is 0 Å². The van der Waals surface area contributed by atoms with Gasteiger partial charge in [0.15, 0.2) is 0 Å². The highest BCUT2D eigenvalue weighted by atomic mass is 19.4. The largest absolute Gasteiger partial charge is 0.433 e. The fourth-order valence-corrected chi connectivity index (χ4v) is 2.62. The summed E-state index contributed by atoms with van der Waals surface area (Å²) in [6, 6.07) is 0.660. The van der Waals surface area contributed by atoms with E-state index in [0.29, 0.717) is 18.9 Å². The number of halogens is 3. The minimum absolute atomic E-state index is 0.207. The number of nitrogens with one attached hydrogen (secondary N) is 2. The van der Waals surface area contributed by atoms with Crippen LogP contribution in [0, 0.1) is 10.1 Å². The van der Waals surface area contributed by atoms with Crippen molar-refractivity contribution < 1.29 is 22.8 Å². The van der Waals surface area contributed by atoms with Gasteiger partial charge in [0.1, 0.15) is 17.6 Å². The van der Waals surface area contributed by atoms with Gasteiger partial charge in [-0.05, 0) is 25.5 Å². The molecule has 1 atom stereocenters. The molecular formula is C13H17F3N4O3. The summed E-state index contributed by atoms with van der Waals surface area (Å²) in [5, 5.41) is 17.0. The van der Waals surface area contributed by atoms with Gasteiger partial charge in [0, 0.05) is 13.7 Å². The van der Waals surface area contributed by atoms with Gasteiger partial charge < -0.3 is 15.4 Å². The first-order chi connectivity index (χ1) is 10.8. The molecule has 2 rings (SSSR count). The zero-order chi connectivity index (χ0) is 17.1. The highest BCUT2D eigenvalue weighted by Crippen LogP contribution is 2.33. The van der Waals surface area contributed by atoms with E-state index < -0.39 is 28.0 Å². The first-order valence-electron chi connectivity index (χ1n) is 6.97. The van der Waals surface area contributed by atoms with Gasteiger partial charge in [0.2, 0.25) is 0 Å². The predicted molar refractivity (Wildman–Crippen MR) is 76.2 cm³/mol. The summed E-state index contributed by atoms with van der Waals surface area (Å²) in [6.45, 7) is 1.32. The van der Waals surface area contributed by atoms with Gasteiger partial charge >= 0.3 is 11.9 Å². The topological polar surface area (TPSA) is 89.3 Å². The van der Waals surface area contributed by atoms with Crippen LogP contribution < -0.4 is 10.6 Å². The zero-order valence-corrected chi connectivity index (χ0v) is 12.4. The Morgan fingerprint density at radius 3 is 2.83 bits per heavy atom. The maximum Gasteiger partial charge on any atom is 0.433 e. The van der Waals surface area contributed by atoms with Crippen LogP contribution in [-0.4, -0.2) is 42.3 Å². The molecule has 1 unspecified atom stereocenters. The van der Waals surface area contributed by atoms with Gasteiger partial charge in [-0.25, -0.2) is 4.98 Å². The number of hydrogen-bond acceptors (Lipinski definition) is 6. The molecule has 0 amide bonds. The molecule has 1 aromatic rings. The van der Waals surface area contributed by atoms with E-state index in [0.717, 1.165) is 19.4 Å². The normalized spacial score (nSPS) is 21.4. The van der Waals surface area contributed by atoms with Crippen molar-refractivity contribution in [3.8, 4) is 0 Å². The number of aromatic nitrogens is 1. The molecule has 2 heterocycles. The number of alkyl halides is 3. The fraction of sp³-hybridized carbons (Fsp3) is 0.615. The first-order valence-corrected chi connectivity index (χ1v) is 6.97. The summed E-state index contributed by atoms with van der Waals surface area (Å²) >= 11 is 0. The zero-order valence-electron chi connectivity index (χ0n) is 12.4. The molecule has 1 aliphatic heterocycles. The Bertz CT molecular complexity index is 574. The summed E-state index contributed by atoms with van der Waals surface area (Å²) < 4.78 is 43.4. The quantitative estimate of drug-likeness (QED) is 0.612. The SMILES string of the molecule is COCC1(CNc2cc(C(F)(F)F)ncc2[N+](=O)[O-])CCCN1. The van der Waals surface area contributed by atoms with E-state index in [1.807, 2.05) is 0 Å². The van der Waals surface area contributed by atoms with Gasteiger partial charge in [0.05, 0.1) is 17.1 Å². The highest BCUT2D eigenvalue weighted by Gasteiger charge is 2.36. The molecule has 10 heteroatoms. The third-order valence-electron chi connectivity index (χ3n) is 3.74. The van der Waals surface area contributed by atoms with Crippen molar-refractivity contribution in [2.24, 2.45) is 0 Å². The van der Waals surface area contributed by atoms with Crippen LogP contribution in [0.15, 0.2) is 12.3 Å². The van der Waals surface area contributed by atoms with E-state index in [2.05, 4.69) is 15.6 Å². The van der Waals surface area contributed by atoms with Gasteiger partial charge in [-0.1, -0.05) is 0 Å². The molecule has 0 saturated carbocycles. The molecule has 1 aliphatic rings. The molecule has 2 N–H and O–H groups in total. The number of nitrogens with zero attached hydrogens (tertiary/aromatic N) is 2. The molecule has 0 spiro atoms. The second kappa shape index (κ2) is 6.67. The summed E-state index contributed by atoms with van der Waals surface area (Å²) in [6.07, 6.45) is -2.38. The fourth-order valence-electron chi connectivity index (χ4n) is 2.62. The minimum Gasteiger partial charge on any atom is -0.383 e. The van der Waals surface area contributed by atoms with E-state index in [4.69, 9.17) is 4.74 Å². The lowest BCUT2D eigenvalue weighted by Crippen LogP contribution is -2.49. The minimum atomic E-state index is -4.67. The third kappa shape index (κ3) is 4.08. The summed E-state index contributed by atoms with van der Waals surface area (Å²) in [5.74, 6) is 0. The molecule has 0 bridgehead atoms. The number of pyridine rings is 1. The summed E-state index contributed by atoms with van der Waals surface area (Å²) in [7, 11) is 1.53. The van der Waals surface area contributed by atoms with E-state index >= 15 is 0 Å². The Balaban J connectivity index is 2.24. The van der Waals surface area contributed by atoms with Crippen LogP contribution in [0.1, 0.15) is 18.5 Å². The molecule has 0 aromatic carbocycles. The monoisotopic (exact) mass is 334 g/mol. The lowest BCUT2D eigenvalue weighted by Gasteiger charge is -2.29. The number of methoxy groups -OCH3 is 1. The van der Waals surface area contributed by atoms with Crippen molar-refractivity contribution in [3.63, 3.8) is 0 Å². The van der Waals surface area contributed by atoms with Gasteiger partial charge in [0.25, 0.3) is 0 Å². The van der Waals surface area contributed by atoms with Crippen LogP contribution in [0.5, 0.6) is 0 Å². The Kier molecular flexibility index (Phi) is 5.05. The molecule has 1 saturated heterocycles. The number of hydrogen-bond donors (Lipinski definition) is 2. The number of ether oxygens (including phenoxy) is 1. The molecule has 1 aromatic heterocycles. The van der Waals surface area contributed by atoms with Crippen molar-refractivity contribution in [2.75, 3.05) is 32.1 Å². The average Bonchev–Trinajstić information content (AvgIpc) is 2.93. The molecule has 128 valence electrons. The number of rotatable bonds is 6. The average molecular weight is 334 g/mol. The maximum atomic E-state index is 12.7. The van der Waals surface area contributed by atoms with Crippen molar-refractivity contribution in [2.45, 2.75) is 24.6 Å². The summed E-state index contributed by atoms with van der Waals surface area (Å²) in [5.41, 5.74) is -2.33. The predicted octanol–water partition coefficient (Wildman–Crippen LogP) is 2.19. The Hall–Kier alpha value is -1.94. The molecule has 1 fully saturated rings. The van der Waals surface area contributed by atoms with Crippen LogP contribution in [0.3, 0.4) is 0 Å². The van der Waals surface area contributed by atoms with Crippen LogP contribution in [-0.2, 0) is 10.9 Å². The second-order valence-electron chi connectivity index (χ2n) is 5.44. The smallest absolute Gasteiger partial charge is 0.383 e. The molecule has 0 aliphatic carbocycles. The third-order valence-corrected chi connectivity index (χ3v) is 3.74. The Morgan fingerprint density at radius 1 is 1.57 bits per heavy atom. The van der Waals surface area contributed by atoms with Gasteiger partial charge in [-0.2, -0.15) is 13.2 Å². The lowest BCUT2D eigenvalue weighted by atomic mass is 9.98. The highest BCUT2D eigenvalue weighted by molar-refractivity contribution is 5.61. The molecule has 0 radical (unpaired) electrons. The Morgan fingerprint density at radius 2 is 2.30 bits per heavy atom. The standard InChI is InChI=1S/C13H17F3N4O3/c1-23-8-12(3-2-4-19-12)7-18-9-5-11(13(14,15)16)17-6-10(9)20(21)22/h5-6,19H,2-4,7-8H2,1H3,(H,17,18). The van der Waals surface area contributed by atoms with E-state index in [-0.39, 0.29) is 12.2 Å². The number of nitro groups is 1. The van der Waals surface area contributed by atoms with E-state index in [1.54, 1.807) is 0 Å². The molecule has 23 heavy (non-hydrogen) atoms. The van der Waals surface area contributed by atoms with Crippen LogP contribution in [0.4, 0.5) is 24.5 Å². The number of anilines is 1. The van der Waals surface area contributed by atoms with Crippen LogP contribution in [0.25, 0.3) is 0 Å². The maximum absolute atomic E-state index is 12.7. The lowest BCUT2D eigenvalue weighted by molar-refractivity contribution is -0.384.